The van der Waals surface area contributed by atoms with Crippen molar-refractivity contribution in [2.24, 2.45) is 0 Å². The fourth-order valence-electron chi connectivity index (χ4n) is 3.18. The van der Waals surface area contributed by atoms with E-state index in [9.17, 15) is 14.0 Å². The smallest absolute Gasteiger partial charge is 0.255 e. The van der Waals surface area contributed by atoms with Gasteiger partial charge in [0.25, 0.3) is 11.8 Å². The van der Waals surface area contributed by atoms with Crippen LogP contribution in [0.15, 0.2) is 42.9 Å². The summed E-state index contributed by atoms with van der Waals surface area (Å²) in [6, 6.07) is 5.29. The summed E-state index contributed by atoms with van der Waals surface area (Å²) in [7, 11) is 1.53. The number of rotatable bonds is 3. The SMILES string of the molecule is CNC(=O)C1(c2cnccn2)CCCN1C(=O)c1ccc(F)cc1. The second-order valence-electron chi connectivity index (χ2n) is 5.60. The fraction of sp³-hybridized carbons (Fsp3) is 0.294. The number of nitrogens with zero attached hydrogens (tertiary/aromatic N) is 3. The molecule has 1 saturated heterocycles. The van der Waals surface area contributed by atoms with Gasteiger partial charge in [0.2, 0.25) is 0 Å². The van der Waals surface area contributed by atoms with Crippen molar-refractivity contribution in [1.29, 1.82) is 0 Å². The minimum atomic E-state index is -1.20. The molecule has 7 heteroatoms. The largest absolute Gasteiger partial charge is 0.357 e. The molecule has 0 saturated carbocycles. The van der Waals surface area contributed by atoms with Gasteiger partial charge in [-0.05, 0) is 37.1 Å². The van der Waals surface area contributed by atoms with Crippen LogP contribution in [-0.2, 0) is 10.3 Å². The standard InChI is InChI=1S/C17H17FN4O2/c1-19-16(24)17(14-11-20-8-9-21-14)7-2-10-22(17)15(23)12-3-5-13(18)6-4-12/h3-6,8-9,11H,2,7,10H2,1H3,(H,19,24). The van der Waals surface area contributed by atoms with Crippen LogP contribution >= 0.6 is 0 Å². The number of likely N-dealkylation sites (N-methyl/N-ethyl adjacent to an activating group) is 1. The third-order valence-corrected chi connectivity index (χ3v) is 4.31. The molecule has 0 aliphatic carbocycles. The summed E-state index contributed by atoms with van der Waals surface area (Å²) < 4.78 is 13.1. The Labute approximate surface area is 138 Å². The molecule has 1 aliphatic rings. The van der Waals surface area contributed by atoms with Gasteiger partial charge < -0.3 is 10.2 Å². The number of benzene rings is 1. The second kappa shape index (κ2) is 6.35. The van der Waals surface area contributed by atoms with Crippen LogP contribution in [0.4, 0.5) is 4.39 Å². The van der Waals surface area contributed by atoms with Gasteiger partial charge in [-0.25, -0.2) is 4.39 Å². The van der Waals surface area contributed by atoms with Gasteiger partial charge in [-0.3, -0.25) is 19.6 Å². The van der Waals surface area contributed by atoms with Gasteiger partial charge in [0.15, 0.2) is 5.54 Å². The average molecular weight is 328 g/mol. The second-order valence-corrected chi connectivity index (χ2v) is 5.60. The Morgan fingerprint density at radius 3 is 2.62 bits per heavy atom. The Balaban J connectivity index is 2.06. The van der Waals surface area contributed by atoms with Crippen LogP contribution in [0.5, 0.6) is 0 Å². The molecular formula is C17H17FN4O2. The van der Waals surface area contributed by atoms with Crippen molar-refractivity contribution in [1.82, 2.24) is 20.2 Å². The highest BCUT2D eigenvalue weighted by Gasteiger charge is 2.52. The Kier molecular flexibility index (Phi) is 4.24. The van der Waals surface area contributed by atoms with Crippen molar-refractivity contribution in [3.8, 4) is 0 Å². The number of halogens is 1. The number of carbonyl (C=O) groups is 2. The van der Waals surface area contributed by atoms with Crippen molar-refractivity contribution < 1.29 is 14.0 Å². The monoisotopic (exact) mass is 328 g/mol. The fourth-order valence-corrected chi connectivity index (χ4v) is 3.18. The summed E-state index contributed by atoms with van der Waals surface area (Å²) in [5.74, 6) is -1.06. The molecule has 1 N–H and O–H groups in total. The maximum absolute atomic E-state index is 13.1. The average Bonchev–Trinajstić information content (AvgIpc) is 3.08. The summed E-state index contributed by atoms with van der Waals surface area (Å²) in [6.45, 7) is 0.417. The number of likely N-dealkylation sites (tertiary alicyclic amines) is 1. The molecule has 2 aromatic rings. The van der Waals surface area contributed by atoms with E-state index in [0.29, 0.717) is 30.6 Å². The van der Waals surface area contributed by atoms with Crippen molar-refractivity contribution in [2.75, 3.05) is 13.6 Å². The van der Waals surface area contributed by atoms with E-state index in [4.69, 9.17) is 0 Å². The third-order valence-electron chi connectivity index (χ3n) is 4.31. The summed E-state index contributed by atoms with van der Waals surface area (Å²) in [4.78, 5) is 35.5. The Morgan fingerprint density at radius 2 is 2.00 bits per heavy atom. The van der Waals surface area contributed by atoms with Crippen LogP contribution in [0.1, 0.15) is 28.9 Å². The Morgan fingerprint density at radius 1 is 1.25 bits per heavy atom. The summed E-state index contributed by atoms with van der Waals surface area (Å²) in [5.41, 5.74) is -0.443. The Bertz CT molecular complexity index is 751. The molecule has 24 heavy (non-hydrogen) atoms. The van der Waals surface area contributed by atoms with Gasteiger partial charge in [-0.2, -0.15) is 0 Å². The first kappa shape index (κ1) is 16.0. The minimum absolute atomic E-state index is 0.309. The van der Waals surface area contributed by atoms with E-state index in [1.54, 1.807) is 0 Å². The van der Waals surface area contributed by atoms with Crippen LogP contribution in [-0.4, -0.2) is 40.3 Å². The summed E-state index contributed by atoms with van der Waals surface area (Å²) in [6.07, 6.45) is 5.64. The van der Waals surface area contributed by atoms with Crippen molar-refractivity contribution in [2.45, 2.75) is 18.4 Å². The molecule has 1 fully saturated rings. The van der Waals surface area contributed by atoms with Gasteiger partial charge in [-0.15, -0.1) is 0 Å². The van der Waals surface area contributed by atoms with Gasteiger partial charge in [0.1, 0.15) is 5.82 Å². The zero-order chi connectivity index (χ0) is 17.2. The Hall–Kier alpha value is -2.83. The molecule has 0 radical (unpaired) electrons. The lowest BCUT2D eigenvalue weighted by molar-refractivity contribution is -0.131. The van der Waals surface area contributed by atoms with Crippen LogP contribution in [0.2, 0.25) is 0 Å². The molecule has 1 aromatic carbocycles. The van der Waals surface area contributed by atoms with Gasteiger partial charge in [0, 0.05) is 31.5 Å². The first-order valence-corrected chi connectivity index (χ1v) is 7.66. The zero-order valence-electron chi connectivity index (χ0n) is 13.2. The molecule has 1 atom stereocenters. The van der Waals surface area contributed by atoms with E-state index in [-0.39, 0.29) is 11.8 Å². The molecule has 3 rings (SSSR count). The highest BCUT2D eigenvalue weighted by Crippen LogP contribution is 2.39. The van der Waals surface area contributed by atoms with E-state index >= 15 is 0 Å². The first-order valence-electron chi connectivity index (χ1n) is 7.66. The summed E-state index contributed by atoms with van der Waals surface area (Å²) in [5, 5.41) is 2.63. The third kappa shape index (κ3) is 2.51. The highest BCUT2D eigenvalue weighted by molar-refractivity contribution is 6.00. The molecule has 0 spiro atoms. The molecule has 2 heterocycles. The quantitative estimate of drug-likeness (QED) is 0.926. The molecule has 124 valence electrons. The molecule has 1 unspecified atom stereocenters. The van der Waals surface area contributed by atoms with Crippen LogP contribution in [0.3, 0.4) is 0 Å². The van der Waals surface area contributed by atoms with Crippen molar-refractivity contribution in [3.05, 3.63) is 59.9 Å². The van der Waals surface area contributed by atoms with Gasteiger partial charge in [0.05, 0.1) is 11.9 Å². The summed E-state index contributed by atoms with van der Waals surface area (Å²) >= 11 is 0. The normalized spacial score (nSPS) is 20.0. The number of amides is 2. The predicted octanol–water partition coefficient (Wildman–Crippen LogP) is 1.49. The first-order chi connectivity index (χ1) is 11.6. The lowest BCUT2D eigenvalue weighted by Crippen LogP contribution is -2.54. The zero-order valence-corrected chi connectivity index (χ0v) is 13.2. The molecule has 1 aromatic heterocycles. The van der Waals surface area contributed by atoms with Crippen LogP contribution in [0.25, 0.3) is 0 Å². The maximum Gasteiger partial charge on any atom is 0.255 e. The number of hydrogen-bond donors (Lipinski definition) is 1. The van der Waals surface area contributed by atoms with Crippen molar-refractivity contribution >= 4 is 11.8 Å². The number of nitrogens with one attached hydrogen (secondary N) is 1. The van der Waals surface area contributed by atoms with E-state index in [1.807, 2.05) is 0 Å². The number of hydrogen-bond acceptors (Lipinski definition) is 4. The van der Waals surface area contributed by atoms with Crippen LogP contribution < -0.4 is 5.32 Å². The highest BCUT2D eigenvalue weighted by atomic mass is 19.1. The van der Waals surface area contributed by atoms with Gasteiger partial charge in [-0.1, -0.05) is 0 Å². The lowest BCUT2D eigenvalue weighted by atomic mass is 9.90. The van der Waals surface area contributed by atoms with E-state index in [1.165, 1.54) is 54.8 Å². The molecule has 0 bridgehead atoms. The molecule has 2 amide bonds. The van der Waals surface area contributed by atoms with Crippen LogP contribution in [0, 0.1) is 5.82 Å². The number of carbonyl (C=O) groups excluding carboxylic acids is 2. The minimum Gasteiger partial charge on any atom is -0.357 e. The number of aromatic nitrogens is 2. The molecule has 6 nitrogen and oxygen atoms in total. The topological polar surface area (TPSA) is 75.2 Å². The maximum atomic E-state index is 13.1. The van der Waals surface area contributed by atoms with E-state index in [0.717, 1.165) is 0 Å². The van der Waals surface area contributed by atoms with Gasteiger partial charge >= 0.3 is 0 Å². The van der Waals surface area contributed by atoms with Crippen molar-refractivity contribution in [3.63, 3.8) is 0 Å². The van der Waals surface area contributed by atoms with E-state index < -0.39 is 11.4 Å². The predicted molar refractivity (Wildman–Crippen MR) is 84.4 cm³/mol. The van der Waals surface area contributed by atoms with E-state index in [2.05, 4.69) is 15.3 Å². The molecular weight excluding hydrogens is 311 g/mol. The lowest BCUT2D eigenvalue weighted by Gasteiger charge is -2.36. The molecule has 1 aliphatic heterocycles.